The quantitative estimate of drug-likeness (QED) is 0.579. The predicted molar refractivity (Wildman–Crippen MR) is 88.5 cm³/mol. The summed E-state index contributed by atoms with van der Waals surface area (Å²) in [7, 11) is 0. The first-order chi connectivity index (χ1) is 10.8. The van der Waals surface area contributed by atoms with Crippen molar-refractivity contribution in [1.29, 1.82) is 0 Å². The average molecular weight is 312 g/mol. The Kier molecular flexibility index (Phi) is 3.99. The Morgan fingerprint density at radius 2 is 1.39 bits per heavy atom. The van der Waals surface area contributed by atoms with Gasteiger partial charge in [-0.2, -0.15) is 0 Å². The van der Waals surface area contributed by atoms with E-state index in [1.54, 1.807) is 24.3 Å². The lowest BCUT2D eigenvalue weighted by Gasteiger charge is -2.39. The highest BCUT2D eigenvalue weighted by Gasteiger charge is 2.45. The lowest BCUT2D eigenvalue weighted by atomic mass is 9.64. The van der Waals surface area contributed by atoms with Gasteiger partial charge in [-0.1, -0.05) is 45.0 Å². The van der Waals surface area contributed by atoms with Crippen LogP contribution in [-0.2, 0) is 4.79 Å². The number of rotatable bonds is 1. The van der Waals surface area contributed by atoms with Crippen molar-refractivity contribution < 1.29 is 14.4 Å². The van der Waals surface area contributed by atoms with Crippen molar-refractivity contribution in [2.45, 2.75) is 46.5 Å². The fraction of sp³-hybridized carbons (Fsp3) is 0.550. The van der Waals surface area contributed by atoms with Crippen LogP contribution in [0, 0.1) is 23.2 Å². The first kappa shape index (κ1) is 16.1. The van der Waals surface area contributed by atoms with E-state index in [0.717, 1.165) is 25.7 Å². The van der Waals surface area contributed by atoms with Gasteiger partial charge in [0.25, 0.3) is 0 Å². The van der Waals surface area contributed by atoms with E-state index in [4.69, 9.17) is 0 Å². The van der Waals surface area contributed by atoms with E-state index < -0.39 is 17.5 Å². The molecule has 1 saturated carbocycles. The van der Waals surface area contributed by atoms with Gasteiger partial charge in [-0.3, -0.25) is 14.4 Å². The molecule has 1 fully saturated rings. The minimum atomic E-state index is -0.752. The summed E-state index contributed by atoms with van der Waals surface area (Å²) in [5.41, 5.74) is 0.968. The fourth-order valence-corrected chi connectivity index (χ4v) is 4.20. The molecule has 2 aliphatic rings. The largest absolute Gasteiger partial charge is 0.293 e. The average Bonchev–Trinajstić information content (AvgIpc) is 2.53. The molecule has 0 spiro atoms. The van der Waals surface area contributed by atoms with Crippen molar-refractivity contribution in [3.05, 3.63) is 35.4 Å². The maximum Gasteiger partial charge on any atom is 0.230 e. The third kappa shape index (κ3) is 2.77. The van der Waals surface area contributed by atoms with Crippen molar-refractivity contribution in [1.82, 2.24) is 0 Å². The van der Waals surface area contributed by atoms with Crippen LogP contribution in [0.25, 0.3) is 0 Å². The molecular weight excluding hydrogens is 288 g/mol. The van der Waals surface area contributed by atoms with Gasteiger partial charge in [0, 0.05) is 11.1 Å². The molecular formula is C20H24O3. The van der Waals surface area contributed by atoms with Crippen LogP contribution in [0.3, 0.4) is 0 Å². The molecule has 0 aliphatic heterocycles. The summed E-state index contributed by atoms with van der Waals surface area (Å²) in [6, 6.07) is 6.72. The fourth-order valence-electron chi connectivity index (χ4n) is 4.20. The summed E-state index contributed by atoms with van der Waals surface area (Å²) in [6.45, 7) is 6.73. The van der Waals surface area contributed by atoms with Gasteiger partial charge < -0.3 is 0 Å². The first-order valence-electron chi connectivity index (χ1n) is 8.52. The van der Waals surface area contributed by atoms with Crippen LogP contribution in [0.5, 0.6) is 0 Å². The minimum Gasteiger partial charge on any atom is -0.293 e. The van der Waals surface area contributed by atoms with Crippen molar-refractivity contribution in [2.75, 3.05) is 0 Å². The van der Waals surface area contributed by atoms with Crippen LogP contribution in [0.15, 0.2) is 24.3 Å². The number of hydrogen-bond donors (Lipinski definition) is 0. The number of carbonyl (C=O) groups excluding carboxylic acids is 3. The molecule has 0 radical (unpaired) electrons. The van der Waals surface area contributed by atoms with Crippen LogP contribution in [0.2, 0.25) is 0 Å². The summed E-state index contributed by atoms with van der Waals surface area (Å²) in [4.78, 5) is 37.6. The molecule has 0 bridgehead atoms. The Balaban J connectivity index is 1.83. The Morgan fingerprint density at radius 1 is 0.826 bits per heavy atom. The minimum absolute atomic E-state index is 0.0194. The highest BCUT2D eigenvalue weighted by atomic mass is 16.2. The second kappa shape index (κ2) is 5.70. The second-order valence-corrected chi connectivity index (χ2v) is 8.06. The first-order valence-corrected chi connectivity index (χ1v) is 8.52. The lowest BCUT2D eigenvalue weighted by Crippen LogP contribution is -2.42. The van der Waals surface area contributed by atoms with E-state index in [0.29, 0.717) is 11.5 Å². The Hall–Kier alpha value is -1.77. The number of carbonyl (C=O) groups is 3. The molecule has 3 rings (SSSR count). The molecule has 0 saturated heterocycles. The molecule has 0 N–H and O–H groups in total. The zero-order chi connectivity index (χ0) is 16.8. The van der Waals surface area contributed by atoms with Crippen molar-refractivity contribution in [2.24, 2.45) is 23.2 Å². The molecule has 0 aromatic heterocycles. The van der Waals surface area contributed by atoms with Crippen LogP contribution in [0.1, 0.15) is 67.2 Å². The number of fused-ring (bicyclic) bond motifs is 1. The Bertz CT molecular complexity index is 658. The van der Waals surface area contributed by atoms with Gasteiger partial charge in [0.1, 0.15) is 0 Å². The van der Waals surface area contributed by atoms with E-state index in [1.165, 1.54) is 0 Å². The second-order valence-electron chi connectivity index (χ2n) is 8.06. The highest BCUT2D eigenvalue weighted by Crippen LogP contribution is 2.43. The maximum absolute atomic E-state index is 12.8. The lowest BCUT2D eigenvalue weighted by molar-refractivity contribution is -0.119. The number of hydrogen-bond acceptors (Lipinski definition) is 3. The maximum atomic E-state index is 12.8. The molecule has 1 atom stereocenters. The van der Waals surface area contributed by atoms with Crippen molar-refractivity contribution in [3.8, 4) is 0 Å². The predicted octanol–water partition coefficient (Wildman–Crippen LogP) is 4.10. The van der Waals surface area contributed by atoms with Gasteiger partial charge in [0.05, 0.1) is 5.92 Å². The van der Waals surface area contributed by atoms with Gasteiger partial charge in [-0.05, 0) is 42.9 Å². The molecule has 1 aromatic rings. The molecule has 23 heavy (non-hydrogen) atoms. The molecule has 2 aliphatic carbocycles. The summed E-state index contributed by atoms with van der Waals surface area (Å²) < 4.78 is 0. The van der Waals surface area contributed by atoms with Gasteiger partial charge >= 0.3 is 0 Å². The van der Waals surface area contributed by atoms with E-state index >= 15 is 0 Å². The normalized spacial score (nSPS) is 28.7. The molecule has 0 heterocycles. The molecule has 0 amide bonds. The molecule has 122 valence electrons. The van der Waals surface area contributed by atoms with Crippen molar-refractivity contribution in [3.63, 3.8) is 0 Å². The molecule has 1 aromatic carbocycles. The van der Waals surface area contributed by atoms with Crippen molar-refractivity contribution >= 4 is 17.3 Å². The van der Waals surface area contributed by atoms with Gasteiger partial charge in [-0.15, -0.1) is 0 Å². The standard InChI is InChI=1S/C20H24O3/c1-20(2,3)13-10-8-12(9-11-13)16-17(21)14-6-4-5-7-15(14)18(22)19(16)23/h4-7,12-13,16H,8-11H2,1-3H3. The van der Waals surface area contributed by atoms with Crippen LogP contribution >= 0.6 is 0 Å². The summed E-state index contributed by atoms with van der Waals surface area (Å²) in [5.74, 6) is -1.24. The third-order valence-electron chi connectivity index (χ3n) is 5.69. The van der Waals surface area contributed by atoms with Crippen LogP contribution in [0.4, 0.5) is 0 Å². The van der Waals surface area contributed by atoms with E-state index in [-0.39, 0.29) is 22.7 Å². The molecule has 1 unspecified atom stereocenters. The SMILES string of the molecule is CC(C)(C)C1CCC(C2C(=O)C(=O)c3ccccc3C2=O)CC1. The van der Waals surface area contributed by atoms with E-state index in [1.807, 2.05) is 0 Å². The smallest absolute Gasteiger partial charge is 0.230 e. The number of Topliss-reactive ketones (excluding diaryl/α,β-unsaturated/α-hetero) is 3. The topological polar surface area (TPSA) is 51.2 Å². The summed E-state index contributed by atoms with van der Waals surface area (Å²) in [6.07, 6.45) is 3.78. The third-order valence-corrected chi connectivity index (χ3v) is 5.69. The van der Waals surface area contributed by atoms with Crippen LogP contribution < -0.4 is 0 Å². The zero-order valence-electron chi connectivity index (χ0n) is 14.1. The van der Waals surface area contributed by atoms with Gasteiger partial charge in [-0.25, -0.2) is 0 Å². The summed E-state index contributed by atoms with van der Waals surface area (Å²) >= 11 is 0. The summed E-state index contributed by atoms with van der Waals surface area (Å²) in [5, 5.41) is 0. The van der Waals surface area contributed by atoms with E-state index in [2.05, 4.69) is 20.8 Å². The zero-order valence-corrected chi connectivity index (χ0v) is 14.1. The molecule has 3 heteroatoms. The van der Waals surface area contributed by atoms with Crippen LogP contribution in [-0.4, -0.2) is 17.3 Å². The monoisotopic (exact) mass is 312 g/mol. The van der Waals surface area contributed by atoms with Gasteiger partial charge in [0.15, 0.2) is 5.78 Å². The highest BCUT2D eigenvalue weighted by molar-refractivity contribution is 6.51. The Labute approximate surface area is 137 Å². The van der Waals surface area contributed by atoms with Gasteiger partial charge in [0.2, 0.25) is 11.6 Å². The molecule has 3 nitrogen and oxygen atoms in total. The van der Waals surface area contributed by atoms with E-state index in [9.17, 15) is 14.4 Å². The number of ketones is 3. The number of benzene rings is 1. The Morgan fingerprint density at radius 3 is 1.96 bits per heavy atom.